The van der Waals surface area contributed by atoms with E-state index in [-0.39, 0.29) is 30.1 Å². The van der Waals surface area contributed by atoms with Crippen molar-refractivity contribution in [3.05, 3.63) is 0 Å². The Morgan fingerprint density at radius 3 is 2.79 bits per heavy atom. The van der Waals surface area contributed by atoms with Gasteiger partial charge in [0.15, 0.2) is 0 Å². The van der Waals surface area contributed by atoms with E-state index in [1.54, 1.807) is 11.8 Å². The van der Waals surface area contributed by atoms with Crippen LogP contribution in [-0.4, -0.2) is 55.3 Å². The molecule has 0 bridgehead atoms. The first-order valence-electron chi connectivity index (χ1n) is 9.35. The van der Waals surface area contributed by atoms with Gasteiger partial charge in [0.2, 0.25) is 5.91 Å². The third kappa shape index (κ3) is 5.36. The van der Waals surface area contributed by atoms with Gasteiger partial charge in [-0.1, -0.05) is 13.8 Å². The molecule has 0 spiro atoms. The molecule has 0 aromatic rings. The lowest BCUT2D eigenvalue weighted by atomic mass is 9.92. The highest BCUT2D eigenvalue weighted by atomic mass is 16.6. The van der Waals surface area contributed by atoms with Crippen LogP contribution in [0.2, 0.25) is 0 Å². The molecule has 0 radical (unpaired) electrons. The summed E-state index contributed by atoms with van der Waals surface area (Å²) in [5.41, 5.74) is 0. The second-order valence-electron chi connectivity index (χ2n) is 7.28. The minimum Gasteiger partial charge on any atom is -0.450 e. The van der Waals surface area contributed by atoms with Crippen LogP contribution in [0.5, 0.6) is 0 Å². The number of amides is 2. The van der Waals surface area contributed by atoms with Gasteiger partial charge in [-0.3, -0.25) is 4.79 Å². The fourth-order valence-corrected chi connectivity index (χ4v) is 3.57. The lowest BCUT2D eigenvalue weighted by Crippen LogP contribution is -2.52. The predicted octanol–water partition coefficient (Wildman–Crippen LogP) is 2.56. The number of hydrogen-bond acceptors (Lipinski definition) is 4. The summed E-state index contributed by atoms with van der Waals surface area (Å²) >= 11 is 0. The zero-order valence-electron chi connectivity index (χ0n) is 15.3. The fraction of sp³-hybridized carbons (Fsp3) is 0.889. The van der Waals surface area contributed by atoms with Gasteiger partial charge < -0.3 is 19.7 Å². The largest absolute Gasteiger partial charge is 0.450 e. The molecule has 6 nitrogen and oxygen atoms in total. The maximum Gasteiger partial charge on any atom is 0.409 e. The van der Waals surface area contributed by atoms with Crippen LogP contribution in [0.1, 0.15) is 52.9 Å². The first-order chi connectivity index (χ1) is 11.5. The molecule has 0 aliphatic carbocycles. The number of hydrogen-bond donors (Lipinski definition) is 1. The smallest absolute Gasteiger partial charge is 0.409 e. The maximum absolute atomic E-state index is 12.7. The quantitative estimate of drug-likeness (QED) is 0.835. The third-order valence-corrected chi connectivity index (χ3v) is 4.79. The number of carbonyl (C=O) groups is 2. The Balaban J connectivity index is 1.89. The SMILES string of the molecule is CCOC(=O)N1CCC[C@H](C(=O)N[C@H]2CCCO[C@@H]2CC(C)C)C1. The molecule has 0 saturated carbocycles. The molecule has 2 rings (SSSR count). The number of carbonyl (C=O) groups excluding carboxylic acids is 2. The first-order valence-corrected chi connectivity index (χ1v) is 9.35. The van der Waals surface area contributed by atoms with E-state index in [0.717, 1.165) is 38.7 Å². The van der Waals surface area contributed by atoms with Gasteiger partial charge in [-0.2, -0.15) is 0 Å². The molecule has 24 heavy (non-hydrogen) atoms. The normalized spacial score (nSPS) is 27.8. The van der Waals surface area contributed by atoms with Gasteiger partial charge in [0.05, 0.1) is 24.7 Å². The van der Waals surface area contributed by atoms with Crippen molar-refractivity contribution in [2.75, 3.05) is 26.3 Å². The molecule has 2 saturated heterocycles. The van der Waals surface area contributed by atoms with Crippen molar-refractivity contribution in [2.45, 2.75) is 65.0 Å². The van der Waals surface area contributed by atoms with E-state index < -0.39 is 0 Å². The van der Waals surface area contributed by atoms with Crippen LogP contribution in [0.15, 0.2) is 0 Å². The second-order valence-corrected chi connectivity index (χ2v) is 7.28. The van der Waals surface area contributed by atoms with Crippen molar-refractivity contribution in [1.29, 1.82) is 0 Å². The van der Waals surface area contributed by atoms with E-state index in [2.05, 4.69) is 19.2 Å². The molecule has 1 N–H and O–H groups in total. The number of likely N-dealkylation sites (tertiary alicyclic amines) is 1. The summed E-state index contributed by atoms with van der Waals surface area (Å²) < 4.78 is 10.9. The van der Waals surface area contributed by atoms with Crippen LogP contribution in [0, 0.1) is 11.8 Å². The summed E-state index contributed by atoms with van der Waals surface area (Å²) in [5, 5.41) is 3.19. The van der Waals surface area contributed by atoms with Crippen LogP contribution in [0.25, 0.3) is 0 Å². The highest BCUT2D eigenvalue weighted by Gasteiger charge is 2.33. The zero-order valence-corrected chi connectivity index (χ0v) is 15.3. The predicted molar refractivity (Wildman–Crippen MR) is 91.7 cm³/mol. The molecule has 2 aliphatic heterocycles. The Hall–Kier alpha value is -1.30. The van der Waals surface area contributed by atoms with Crippen LogP contribution < -0.4 is 5.32 Å². The lowest BCUT2D eigenvalue weighted by Gasteiger charge is -2.36. The maximum atomic E-state index is 12.7. The highest BCUT2D eigenvalue weighted by molar-refractivity contribution is 5.80. The summed E-state index contributed by atoms with van der Waals surface area (Å²) in [6.07, 6.45) is 4.37. The van der Waals surface area contributed by atoms with Gasteiger partial charge in [0, 0.05) is 19.7 Å². The summed E-state index contributed by atoms with van der Waals surface area (Å²) in [5.74, 6) is 0.444. The summed E-state index contributed by atoms with van der Waals surface area (Å²) in [6, 6.07) is 0.0895. The van der Waals surface area contributed by atoms with Gasteiger partial charge in [-0.25, -0.2) is 4.79 Å². The average Bonchev–Trinajstić information content (AvgIpc) is 2.56. The van der Waals surface area contributed by atoms with E-state index in [1.807, 2.05) is 0 Å². The van der Waals surface area contributed by atoms with Crippen LogP contribution >= 0.6 is 0 Å². The second kappa shape index (κ2) is 9.25. The fourth-order valence-electron chi connectivity index (χ4n) is 3.57. The molecule has 0 unspecified atom stereocenters. The molecule has 0 aromatic heterocycles. The molecule has 2 amide bonds. The summed E-state index contributed by atoms with van der Waals surface area (Å²) in [6.45, 7) is 8.42. The molecular weight excluding hydrogens is 308 g/mol. The molecule has 2 heterocycles. The van der Waals surface area contributed by atoms with Crippen molar-refractivity contribution in [1.82, 2.24) is 10.2 Å². The molecule has 6 heteroatoms. The van der Waals surface area contributed by atoms with Gasteiger partial charge in [0.25, 0.3) is 0 Å². The number of nitrogens with zero attached hydrogens (tertiary/aromatic N) is 1. The van der Waals surface area contributed by atoms with E-state index in [1.165, 1.54) is 0 Å². The van der Waals surface area contributed by atoms with Crippen molar-refractivity contribution < 1.29 is 19.1 Å². The van der Waals surface area contributed by atoms with Crippen molar-refractivity contribution >= 4 is 12.0 Å². The van der Waals surface area contributed by atoms with E-state index >= 15 is 0 Å². The van der Waals surface area contributed by atoms with Gasteiger partial charge in [-0.15, -0.1) is 0 Å². The van der Waals surface area contributed by atoms with E-state index in [0.29, 0.717) is 25.6 Å². The minimum absolute atomic E-state index is 0.0493. The molecule has 3 atom stereocenters. The number of nitrogens with one attached hydrogen (secondary N) is 1. The summed E-state index contributed by atoms with van der Waals surface area (Å²) in [7, 11) is 0. The van der Waals surface area contributed by atoms with Crippen LogP contribution in [0.4, 0.5) is 4.79 Å². The zero-order chi connectivity index (χ0) is 17.5. The number of ether oxygens (including phenoxy) is 2. The molecule has 2 aliphatic rings. The third-order valence-electron chi connectivity index (χ3n) is 4.79. The minimum atomic E-state index is -0.311. The Kier molecular flexibility index (Phi) is 7.34. The van der Waals surface area contributed by atoms with Crippen molar-refractivity contribution in [3.63, 3.8) is 0 Å². The lowest BCUT2D eigenvalue weighted by molar-refractivity contribution is -0.129. The number of piperidine rings is 1. The Bertz CT molecular complexity index is 427. The molecule has 138 valence electrons. The van der Waals surface area contributed by atoms with Gasteiger partial charge in [0.1, 0.15) is 0 Å². The summed E-state index contributed by atoms with van der Waals surface area (Å²) in [4.78, 5) is 26.2. The van der Waals surface area contributed by atoms with Crippen molar-refractivity contribution in [2.24, 2.45) is 11.8 Å². The van der Waals surface area contributed by atoms with E-state index in [9.17, 15) is 9.59 Å². The topological polar surface area (TPSA) is 67.9 Å². The highest BCUT2D eigenvalue weighted by Crippen LogP contribution is 2.22. The Morgan fingerprint density at radius 1 is 1.29 bits per heavy atom. The first kappa shape index (κ1) is 19.0. The van der Waals surface area contributed by atoms with Crippen LogP contribution in [-0.2, 0) is 14.3 Å². The Labute approximate surface area is 145 Å². The standard InChI is InChI=1S/C18H32N2O4/c1-4-23-18(22)20-9-5-7-14(12-20)17(21)19-15-8-6-10-24-16(15)11-13(2)3/h13-16H,4-12H2,1-3H3,(H,19,21)/t14-,15-,16+/m0/s1. The molecular formula is C18H32N2O4. The van der Waals surface area contributed by atoms with Gasteiger partial charge in [-0.05, 0) is 44.9 Å². The number of rotatable bonds is 5. The molecule has 0 aromatic carbocycles. The Morgan fingerprint density at radius 2 is 2.08 bits per heavy atom. The van der Waals surface area contributed by atoms with Gasteiger partial charge >= 0.3 is 6.09 Å². The van der Waals surface area contributed by atoms with E-state index in [4.69, 9.17) is 9.47 Å². The van der Waals surface area contributed by atoms with Crippen LogP contribution in [0.3, 0.4) is 0 Å². The average molecular weight is 340 g/mol. The molecule has 2 fully saturated rings. The van der Waals surface area contributed by atoms with Crippen molar-refractivity contribution in [3.8, 4) is 0 Å². The monoisotopic (exact) mass is 340 g/mol.